The zero-order valence-corrected chi connectivity index (χ0v) is 13.5. The molecule has 0 saturated carbocycles. The molecule has 1 saturated heterocycles. The third-order valence-electron chi connectivity index (χ3n) is 4.38. The lowest BCUT2D eigenvalue weighted by Gasteiger charge is -2.24. The van der Waals surface area contributed by atoms with E-state index in [9.17, 15) is 9.59 Å². The van der Waals surface area contributed by atoms with Crippen LogP contribution in [0.25, 0.3) is 0 Å². The van der Waals surface area contributed by atoms with E-state index < -0.39 is 6.04 Å². The van der Waals surface area contributed by atoms with Crippen LogP contribution in [0, 0.1) is 0 Å². The SMILES string of the molecule is O=C(Nc1ccncc1)C1CCCN1C(=O)c1ccc2c(c1)OCO2. The van der Waals surface area contributed by atoms with E-state index in [0.717, 1.165) is 6.42 Å². The van der Waals surface area contributed by atoms with Crippen LogP contribution in [0.5, 0.6) is 11.5 Å². The van der Waals surface area contributed by atoms with Gasteiger partial charge in [-0.2, -0.15) is 0 Å². The van der Waals surface area contributed by atoms with Gasteiger partial charge in [-0.1, -0.05) is 0 Å². The molecule has 0 spiro atoms. The van der Waals surface area contributed by atoms with Crippen molar-refractivity contribution in [1.29, 1.82) is 0 Å². The minimum atomic E-state index is -0.480. The number of pyridine rings is 1. The largest absolute Gasteiger partial charge is 0.454 e. The van der Waals surface area contributed by atoms with Gasteiger partial charge < -0.3 is 19.7 Å². The van der Waals surface area contributed by atoms with Gasteiger partial charge in [-0.15, -0.1) is 0 Å². The Hall–Kier alpha value is -3.09. The van der Waals surface area contributed by atoms with Crippen LogP contribution >= 0.6 is 0 Å². The van der Waals surface area contributed by atoms with Gasteiger partial charge in [0, 0.05) is 30.2 Å². The Labute approximate surface area is 144 Å². The third-order valence-corrected chi connectivity index (χ3v) is 4.38. The molecule has 2 aliphatic rings. The number of amides is 2. The summed E-state index contributed by atoms with van der Waals surface area (Å²) in [5.41, 5.74) is 1.16. The molecule has 0 aliphatic carbocycles. The van der Waals surface area contributed by atoms with Gasteiger partial charge in [0.2, 0.25) is 12.7 Å². The number of nitrogens with zero attached hydrogens (tertiary/aromatic N) is 2. The van der Waals surface area contributed by atoms with E-state index >= 15 is 0 Å². The van der Waals surface area contributed by atoms with Crippen molar-refractivity contribution in [3.63, 3.8) is 0 Å². The van der Waals surface area contributed by atoms with E-state index in [4.69, 9.17) is 9.47 Å². The first-order valence-corrected chi connectivity index (χ1v) is 8.14. The second-order valence-corrected chi connectivity index (χ2v) is 5.95. The Balaban J connectivity index is 1.51. The maximum atomic E-state index is 12.9. The van der Waals surface area contributed by atoms with E-state index in [2.05, 4.69) is 10.3 Å². The standard InChI is InChI=1S/C18H17N3O4/c22-17(20-13-5-7-19-8-6-13)14-2-1-9-21(14)18(23)12-3-4-15-16(10-12)25-11-24-15/h3-8,10,14H,1-2,9,11H2,(H,19,20,22). The van der Waals surface area contributed by atoms with Gasteiger partial charge in [-0.05, 0) is 43.2 Å². The lowest BCUT2D eigenvalue weighted by molar-refractivity contribution is -0.119. The van der Waals surface area contributed by atoms with Gasteiger partial charge in [0.1, 0.15) is 6.04 Å². The fourth-order valence-corrected chi connectivity index (χ4v) is 3.14. The molecule has 25 heavy (non-hydrogen) atoms. The molecule has 1 aromatic carbocycles. The maximum absolute atomic E-state index is 12.9. The van der Waals surface area contributed by atoms with Crippen LogP contribution in [0.1, 0.15) is 23.2 Å². The topological polar surface area (TPSA) is 80.8 Å². The molecular formula is C18H17N3O4. The number of fused-ring (bicyclic) bond motifs is 1. The molecule has 0 bridgehead atoms. The van der Waals surface area contributed by atoms with Crippen LogP contribution in [0.3, 0.4) is 0 Å². The summed E-state index contributed by atoms with van der Waals surface area (Å²) in [4.78, 5) is 31.0. The number of anilines is 1. The molecule has 2 amide bonds. The molecule has 1 aromatic heterocycles. The number of hydrogen-bond acceptors (Lipinski definition) is 5. The Kier molecular flexibility index (Phi) is 3.97. The number of ether oxygens (including phenoxy) is 2. The summed E-state index contributed by atoms with van der Waals surface area (Å²) in [6.45, 7) is 0.718. The Morgan fingerprint density at radius 3 is 2.76 bits per heavy atom. The van der Waals surface area contributed by atoms with Gasteiger partial charge in [0.05, 0.1) is 0 Å². The summed E-state index contributed by atoms with van der Waals surface area (Å²) in [5, 5.41) is 2.84. The second kappa shape index (κ2) is 6.43. The predicted octanol–water partition coefficient (Wildman–Crippen LogP) is 2.05. The molecule has 128 valence electrons. The summed E-state index contributed by atoms with van der Waals surface area (Å²) >= 11 is 0. The van der Waals surface area contributed by atoms with Crippen molar-refractivity contribution in [3.8, 4) is 11.5 Å². The van der Waals surface area contributed by atoms with Crippen molar-refractivity contribution in [2.24, 2.45) is 0 Å². The van der Waals surface area contributed by atoms with Crippen LogP contribution in [-0.2, 0) is 4.79 Å². The highest BCUT2D eigenvalue weighted by Crippen LogP contribution is 2.33. The molecule has 2 aromatic rings. The summed E-state index contributed by atoms with van der Waals surface area (Å²) in [6.07, 6.45) is 4.66. The maximum Gasteiger partial charge on any atom is 0.254 e. The minimum Gasteiger partial charge on any atom is -0.454 e. The highest BCUT2D eigenvalue weighted by atomic mass is 16.7. The van der Waals surface area contributed by atoms with E-state index in [0.29, 0.717) is 35.7 Å². The first-order valence-electron chi connectivity index (χ1n) is 8.14. The Bertz CT molecular complexity index is 809. The normalized spacial score (nSPS) is 18.2. The predicted molar refractivity (Wildman–Crippen MR) is 89.5 cm³/mol. The first kappa shape index (κ1) is 15.4. The fourth-order valence-electron chi connectivity index (χ4n) is 3.14. The van der Waals surface area contributed by atoms with Crippen LogP contribution in [-0.4, -0.2) is 41.1 Å². The monoisotopic (exact) mass is 339 g/mol. The molecule has 1 N–H and O–H groups in total. The van der Waals surface area contributed by atoms with E-state index in [-0.39, 0.29) is 18.6 Å². The van der Waals surface area contributed by atoms with Crippen molar-refractivity contribution in [2.75, 3.05) is 18.7 Å². The number of hydrogen-bond donors (Lipinski definition) is 1. The number of aromatic nitrogens is 1. The summed E-state index contributed by atoms with van der Waals surface area (Å²) < 4.78 is 10.6. The summed E-state index contributed by atoms with van der Waals surface area (Å²) in [5.74, 6) is 0.830. The lowest BCUT2D eigenvalue weighted by Crippen LogP contribution is -2.43. The Morgan fingerprint density at radius 2 is 1.92 bits per heavy atom. The average molecular weight is 339 g/mol. The van der Waals surface area contributed by atoms with E-state index in [1.165, 1.54) is 0 Å². The van der Waals surface area contributed by atoms with E-state index in [1.807, 2.05) is 0 Å². The molecule has 7 heteroatoms. The first-order chi connectivity index (χ1) is 12.2. The molecule has 1 unspecified atom stereocenters. The molecule has 4 rings (SSSR count). The quantitative estimate of drug-likeness (QED) is 0.926. The summed E-state index contributed by atoms with van der Waals surface area (Å²) in [7, 11) is 0. The van der Waals surface area contributed by atoms with Crippen molar-refractivity contribution >= 4 is 17.5 Å². The van der Waals surface area contributed by atoms with Crippen LogP contribution in [0.2, 0.25) is 0 Å². The van der Waals surface area contributed by atoms with Gasteiger partial charge >= 0.3 is 0 Å². The Morgan fingerprint density at radius 1 is 1.12 bits per heavy atom. The number of likely N-dealkylation sites (tertiary alicyclic amines) is 1. The van der Waals surface area contributed by atoms with Crippen LogP contribution in [0.15, 0.2) is 42.7 Å². The number of nitrogens with one attached hydrogen (secondary N) is 1. The second-order valence-electron chi connectivity index (χ2n) is 5.95. The van der Waals surface area contributed by atoms with Gasteiger partial charge in [-0.25, -0.2) is 0 Å². The smallest absolute Gasteiger partial charge is 0.254 e. The van der Waals surface area contributed by atoms with Crippen LogP contribution < -0.4 is 14.8 Å². The average Bonchev–Trinajstić information content (AvgIpc) is 3.30. The third kappa shape index (κ3) is 3.00. The van der Waals surface area contributed by atoms with Crippen molar-refractivity contribution in [3.05, 3.63) is 48.3 Å². The molecule has 0 radical (unpaired) electrons. The zero-order valence-electron chi connectivity index (χ0n) is 13.5. The van der Waals surface area contributed by atoms with Gasteiger partial charge in [0.15, 0.2) is 11.5 Å². The molecule has 2 aliphatic heterocycles. The highest BCUT2D eigenvalue weighted by molar-refractivity contribution is 6.01. The summed E-state index contributed by atoms with van der Waals surface area (Å²) in [6, 6.07) is 8.05. The van der Waals surface area contributed by atoms with Gasteiger partial charge in [0.25, 0.3) is 5.91 Å². The number of carbonyl (C=O) groups excluding carboxylic acids is 2. The number of carbonyl (C=O) groups is 2. The van der Waals surface area contributed by atoms with Crippen LogP contribution in [0.4, 0.5) is 5.69 Å². The lowest BCUT2D eigenvalue weighted by atomic mass is 10.1. The van der Waals surface area contributed by atoms with Crippen molar-refractivity contribution < 1.29 is 19.1 Å². The van der Waals surface area contributed by atoms with Crippen molar-refractivity contribution in [1.82, 2.24) is 9.88 Å². The molecule has 3 heterocycles. The molecule has 7 nitrogen and oxygen atoms in total. The number of rotatable bonds is 3. The zero-order chi connectivity index (χ0) is 17.2. The minimum absolute atomic E-state index is 0.160. The van der Waals surface area contributed by atoms with Crippen molar-refractivity contribution in [2.45, 2.75) is 18.9 Å². The fraction of sp³-hybridized carbons (Fsp3) is 0.278. The number of benzene rings is 1. The van der Waals surface area contributed by atoms with E-state index in [1.54, 1.807) is 47.6 Å². The highest BCUT2D eigenvalue weighted by Gasteiger charge is 2.35. The molecule has 1 fully saturated rings. The molecular weight excluding hydrogens is 322 g/mol. The molecule has 1 atom stereocenters. The van der Waals surface area contributed by atoms with Gasteiger partial charge in [-0.3, -0.25) is 14.6 Å².